The van der Waals surface area contributed by atoms with Crippen molar-refractivity contribution in [2.24, 2.45) is 0 Å². The number of carbonyl (C=O) groups is 1. The van der Waals surface area contributed by atoms with E-state index in [0.29, 0.717) is 16.5 Å². The van der Waals surface area contributed by atoms with Crippen molar-refractivity contribution in [3.05, 3.63) is 59.9 Å². The van der Waals surface area contributed by atoms with Gasteiger partial charge in [-0.15, -0.1) is 5.10 Å². The molecule has 0 radical (unpaired) electrons. The zero-order chi connectivity index (χ0) is 16.9. The van der Waals surface area contributed by atoms with Crippen LogP contribution in [0, 0.1) is 0 Å². The lowest BCUT2D eigenvalue weighted by molar-refractivity contribution is -0.122. The predicted molar refractivity (Wildman–Crippen MR) is 89.3 cm³/mol. The Morgan fingerprint density at radius 1 is 1.25 bits per heavy atom. The first kappa shape index (κ1) is 15.9. The van der Waals surface area contributed by atoms with Crippen molar-refractivity contribution in [3.8, 4) is 11.4 Å². The smallest absolute Gasteiger partial charge is 0.265 e. The number of benzene rings is 2. The summed E-state index contributed by atoms with van der Waals surface area (Å²) in [6, 6.07) is 14.0. The molecule has 8 heteroatoms. The highest BCUT2D eigenvalue weighted by atomic mass is 35.5. The lowest BCUT2D eigenvalue weighted by Gasteiger charge is -2.15. The Balaban J connectivity index is 1.61. The third-order valence-electron chi connectivity index (χ3n) is 3.23. The first-order chi connectivity index (χ1) is 11.6. The number of amides is 1. The number of aromatic nitrogens is 4. The molecular weight excluding hydrogens is 330 g/mol. The normalized spacial score (nSPS) is 11.8. The highest BCUT2D eigenvalue weighted by molar-refractivity contribution is 6.30. The van der Waals surface area contributed by atoms with Gasteiger partial charge in [0.05, 0.1) is 5.69 Å². The molecule has 1 heterocycles. The summed E-state index contributed by atoms with van der Waals surface area (Å²) in [5.74, 6) is 0.282. The number of rotatable bonds is 5. The summed E-state index contributed by atoms with van der Waals surface area (Å²) in [7, 11) is 0. The first-order valence-corrected chi connectivity index (χ1v) is 7.56. The van der Waals surface area contributed by atoms with Gasteiger partial charge in [0.15, 0.2) is 6.10 Å². The molecule has 3 aromatic rings. The minimum atomic E-state index is -0.664. The summed E-state index contributed by atoms with van der Waals surface area (Å²) in [6.45, 7) is 1.67. The topological polar surface area (TPSA) is 81.9 Å². The molecule has 122 valence electrons. The summed E-state index contributed by atoms with van der Waals surface area (Å²) >= 11 is 5.90. The van der Waals surface area contributed by atoms with Gasteiger partial charge in [-0.25, -0.2) is 4.68 Å². The van der Waals surface area contributed by atoms with Crippen LogP contribution >= 0.6 is 11.6 Å². The molecule has 3 rings (SSSR count). The Labute approximate surface area is 143 Å². The molecule has 0 spiro atoms. The summed E-state index contributed by atoms with van der Waals surface area (Å²) in [6.07, 6.45) is 0.830. The zero-order valence-electron chi connectivity index (χ0n) is 12.8. The molecule has 1 atom stereocenters. The van der Waals surface area contributed by atoms with Crippen LogP contribution in [0.15, 0.2) is 54.9 Å². The van der Waals surface area contributed by atoms with Crippen LogP contribution in [0.25, 0.3) is 5.69 Å². The Hall–Kier alpha value is -2.93. The fraction of sp³-hybridized carbons (Fsp3) is 0.125. The van der Waals surface area contributed by atoms with Gasteiger partial charge >= 0.3 is 0 Å². The Morgan fingerprint density at radius 2 is 2.04 bits per heavy atom. The molecule has 1 unspecified atom stereocenters. The van der Waals surface area contributed by atoms with E-state index in [0.717, 1.165) is 5.69 Å². The molecule has 0 saturated heterocycles. The van der Waals surface area contributed by atoms with Crippen LogP contribution < -0.4 is 10.1 Å². The highest BCUT2D eigenvalue weighted by Crippen LogP contribution is 2.19. The summed E-state index contributed by atoms with van der Waals surface area (Å²) in [4.78, 5) is 12.2. The second-order valence-corrected chi connectivity index (χ2v) is 5.44. The molecule has 1 N–H and O–H groups in total. The van der Waals surface area contributed by atoms with Crippen molar-refractivity contribution >= 4 is 23.2 Å². The quantitative estimate of drug-likeness (QED) is 0.770. The van der Waals surface area contributed by atoms with Crippen LogP contribution in [0.1, 0.15) is 6.92 Å². The summed E-state index contributed by atoms with van der Waals surface area (Å²) in [5, 5.41) is 14.3. The van der Waals surface area contributed by atoms with Gasteiger partial charge in [-0.05, 0) is 59.8 Å². The molecule has 0 bridgehead atoms. The Bertz CT molecular complexity index is 821. The number of tetrazole rings is 1. The second-order valence-electron chi connectivity index (χ2n) is 5.01. The zero-order valence-corrected chi connectivity index (χ0v) is 13.5. The number of halogens is 1. The fourth-order valence-corrected chi connectivity index (χ4v) is 2.20. The van der Waals surface area contributed by atoms with E-state index in [1.54, 1.807) is 55.5 Å². The minimum absolute atomic E-state index is 0.259. The number of nitrogens with zero attached hydrogens (tertiary/aromatic N) is 4. The first-order valence-electron chi connectivity index (χ1n) is 7.18. The number of anilines is 1. The predicted octanol–water partition coefficient (Wildman–Crippen LogP) is 2.72. The van der Waals surface area contributed by atoms with E-state index in [9.17, 15) is 4.79 Å². The van der Waals surface area contributed by atoms with Gasteiger partial charge in [0.1, 0.15) is 12.1 Å². The van der Waals surface area contributed by atoms with E-state index in [4.69, 9.17) is 16.3 Å². The maximum absolute atomic E-state index is 12.2. The van der Waals surface area contributed by atoms with Crippen molar-refractivity contribution in [1.29, 1.82) is 0 Å². The fourth-order valence-electron chi connectivity index (χ4n) is 2.02. The molecule has 7 nitrogen and oxygen atoms in total. The van der Waals surface area contributed by atoms with Crippen molar-refractivity contribution in [2.45, 2.75) is 13.0 Å². The Morgan fingerprint density at radius 3 is 2.71 bits per heavy atom. The van der Waals surface area contributed by atoms with Crippen LogP contribution in [0.4, 0.5) is 5.69 Å². The lowest BCUT2D eigenvalue weighted by Crippen LogP contribution is -2.30. The van der Waals surface area contributed by atoms with Crippen LogP contribution in [0.5, 0.6) is 5.75 Å². The number of hydrogen-bond donors (Lipinski definition) is 1. The van der Waals surface area contributed by atoms with E-state index >= 15 is 0 Å². The van der Waals surface area contributed by atoms with Crippen LogP contribution in [0.3, 0.4) is 0 Å². The molecule has 0 saturated carbocycles. The standard InChI is InChI=1S/C16H14ClN5O2/c1-11(24-15-4-2-3-12(17)9-15)16(23)19-13-5-7-14(8-6-13)22-10-18-20-21-22/h2-11H,1H3,(H,19,23). The van der Waals surface area contributed by atoms with Gasteiger partial charge in [-0.3, -0.25) is 4.79 Å². The van der Waals surface area contributed by atoms with Gasteiger partial charge in [-0.2, -0.15) is 0 Å². The van der Waals surface area contributed by atoms with Crippen LogP contribution in [-0.2, 0) is 4.79 Å². The molecular formula is C16H14ClN5O2. The van der Waals surface area contributed by atoms with Crippen LogP contribution in [0.2, 0.25) is 5.02 Å². The minimum Gasteiger partial charge on any atom is -0.481 e. The largest absolute Gasteiger partial charge is 0.481 e. The highest BCUT2D eigenvalue weighted by Gasteiger charge is 2.15. The number of carbonyl (C=O) groups excluding carboxylic acids is 1. The van der Waals surface area contributed by atoms with Crippen LogP contribution in [-0.4, -0.2) is 32.2 Å². The summed E-state index contributed by atoms with van der Waals surface area (Å²) in [5.41, 5.74) is 1.44. The van der Waals surface area contributed by atoms with E-state index in [1.165, 1.54) is 11.0 Å². The molecule has 0 aliphatic rings. The second kappa shape index (κ2) is 7.10. The van der Waals surface area contributed by atoms with Crippen molar-refractivity contribution in [3.63, 3.8) is 0 Å². The van der Waals surface area contributed by atoms with Gasteiger partial charge in [0.25, 0.3) is 5.91 Å². The molecule has 2 aromatic carbocycles. The third kappa shape index (κ3) is 3.88. The van der Waals surface area contributed by atoms with Gasteiger partial charge in [-0.1, -0.05) is 17.7 Å². The van der Waals surface area contributed by atoms with E-state index in [2.05, 4.69) is 20.8 Å². The number of ether oxygens (including phenoxy) is 1. The van der Waals surface area contributed by atoms with Crippen molar-refractivity contribution < 1.29 is 9.53 Å². The van der Waals surface area contributed by atoms with E-state index in [1.807, 2.05) is 0 Å². The Kier molecular flexibility index (Phi) is 4.72. The van der Waals surface area contributed by atoms with E-state index in [-0.39, 0.29) is 5.91 Å². The molecule has 1 aromatic heterocycles. The molecule has 0 aliphatic heterocycles. The van der Waals surface area contributed by atoms with Gasteiger partial charge in [0.2, 0.25) is 0 Å². The molecule has 1 amide bonds. The monoisotopic (exact) mass is 343 g/mol. The lowest BCUT2D eigenvalue weighted by atomic mass is 10.2. The maximum atomic E-state index is 12.2. The SMILES string of the molecule is CC(Oc1cccc(Cl)c1)C(=O)Nc1ccc(-n2cnnn2)cc1. The summed E-state index contributed by atoms with van der Waals surface area (Å²) < 4.78 is 7.11. The maximum Gasteiger partial charge on any atom is 0.265 e. The van der Waals surface area contributed by atoms with Crippen molar-refractivity contribution in [2.75, 3.05) is 5.32 Å². The van der Waals surface area contributed by atoms with Gasteiger partial charge < -0.3 is 10.1 Å². The average Bonchev–Trinajstić information content (AvgIpc) is 3.10. The van der Waals surface area contributed by atoms with Gasteiger partial charge in [0, 0.05) is 10.7 Å². The number of nitrogens with one attached hydrogen (secondary N) is 1. The average molecular weight is 344 g/mol. The molecule has 0 aliphatic carbocycles. The number of hydrogen-bond acceptors (Lipinski definition) is 5. The molecule has 24 heavy (non-hydrogen) atoms. The molecule has 0 fully saturated rings. The van der Waals surface area contributed by atoms with Crippen molar-refractivity contribution in [1.82, 2.24) is 20.2 Å². The third-order valence-corrected chi connectivity index (χ3v) is 3.46. The van der Waals surface area contributed by atoms with E-state index < -0.39 is 6.10 Å².